The summed E-state index contributed by atoms with van der Waals surface area (Å²) < 4.78 is 18.5. The van der Waals surface area contributed by atoms with E-state index in [1.54, 1.807) is 32.0 Å². The monoisotopic (exact) mass is 253 g/mol. The largest absolute Gasteiger partial charge is 0.461 e. The van der Waals surface area contributed by atoms with E-state index in [4.69, 9.17) is 4.74 Å². The topological polar surface area (TPSA) is 38.3 Å². The number of carbonyl (C=O) groups is 1. The van der Waals surface area contributed by atoms with Gasteiger partial charge in [-0.15, -0.1) is 0 Å². The second kappa shape index (κ2) is 7.11. The molecule has 0 heterocycles. The van der Waals surface area contributed by atoms with Crippen molar-refractivity contribution in [2.75, 3.05) is 6.54 Å². The summed E-state index contributed by atoms with van der Waals surface area (Å²) in [6, 6.07) is 6.61. The fraction of sp³-hybridized carbons (Fsp3) is 0.500. The van der Waals surface area contributed by atoms with E-state index >= 15 is 0 Å². The van der Waals surface area contributed by atoms with Gasteiger partial charge in [0.15, 0.2) is 0 Å². The third-order valence-corrected chi connectivity index (χ3v) is 2.49. The Kier molecular flexibility index (Phi) is 5.78. The molecule has 0 aliphatic rings. The highest BCUT2D eigenvalue weighted by molar-refractivity contribution is 5.71. The molecule has 0 aliphatic carbocycles. The molecule has 0 fully saturated rings. The zero-order valence-electron chi connectivity index (χ0n) is 11.1. The molecule has 1 rings (SSSR count). The van der Waals surface area contributed by atoms with Crippen LogP contribution in [0.2, 0.25) is 0 Å². The molecule has 0 aromatic heterocycles. The highest BCUT2D eigenvalue weighted by Crippen LogP contribution is 2.06. The molecule has 0 radical (unpaired) electrons. The van der Waals surface area contributed by atoms with Crippen LogP contribution in [-0.2, 0) is 16.1 Å². The number of rotatable bonds is 6. The third kappa shape index (κ3) is 4.84. The molecule has 18 heavy (non-hydrogen) atoms. The van der Waals surface area contributed by atoms with Crippen LogP contribution >= 0.6 is 0 Å². The van der Waals surface area contributed by atoms with Crippen LogP contribution in [0.5, 0.6) is 0 Å². The predicted octanol–water partition coefficient (Wildman–Crippen LogP) is 2.50. The second-order valence-electron chi connectivity index (χ2n) is 4.62. The van der Waals surface area contributed by atoms with Gasteiger partial charge < -0.3 is 10.1 Å². The van der Waals surface area contributed by atoms with E-state index in [0.717, 1.165) is 0 Å². The summed E-state index contributed by atoms with van der Waals surface area (Å²) in [7, 11) is 0. The fourth-order valence-corrected chi connectivity index (χ4v) is 1.43. The lowest BCUT2D eigenvalue weighted by Gasteiger charge is -2.15. The van der Waals surface area contributed by atoms with Crippen LogP contribution in [0, 0.1) is 11.7 Å². The second-order valence-corrected chi connectivity index (χ2v) is 4.62. The molecule has 1 aromatic rings. The average Bonchev–Trinajstić information content (AvgIpc) is 2.31. The molecule has 1 atom stereocenters. The molecule has 0 saturated carbocycles. The average molecular weight is 253 g/mol. The van der Waals surface area contributed by atoms with Crippen LogP contribution in [0.3, 0.4) is 0 Å². The van der Waals surface area contributed by atoms with E-state index in [9.17, 15) is 9.18 Å². The lowest BCUT2D eigenvalue weighted by Crippen LogP contribution is -2.30. The maximum atomic E-state index is 13.3. The molecule has 100 valence electrons. The zero-order chi connectivity index (χ0) is 13.5. The Hall–Kier alpha value is -1.42. The number of hydrogen-bond donors (Lipinski definition) is 1. The van der Waals surface area contributed by atoms with Crippen LogP contribution in [0.4, 0.5) is 4.39 Å². The Bertz CT molecular complexity index is 393. The summed E-state index contributed by atoms with van der Waals surface area (Å²) in [5.41, 5.74) is 0.611. The van der Waals surface area contributed by atoms with E-state index in [-0.39, 0.29) is 23.8 Å². The van der Waals surface area contributed by atoms with E-state index in [0.29, 0.717) is 18.7 Å². The first-order valence-corrected chi connectivity index (χ1v) is 6.15. The molecule has 1 aromatic carbocycles. The Balaban J connectivity index is 2.30. The van der Waals surface area contributed by atoms with Crippen molar-refractivity contribution in [3.8, 4) is 0 Å². The van der Waals surface area contributed by atoms with Gasteiger partial charge in [0.05, 0.1) is 5.92 Å². The molecule has 1 N–H and O–H groups in total. The molecule has 0 spiro atoms. The summed E-state index contributed by atoms with van der Waals surface area (Å²) in [5, 5.41) is 3.07. The van der Waals surface area contributed by atoms with Gasteiger partial charge in [0.2, 0.25) is 0 Å². The maximum absolute atomic E-state index is 13.3. The summed E-state index contributed by atoms with van der Waals surface area (Å²) in [6.07, 6.45) is -0.216. The number of carbonyl (C=O) groups excluding carboxylic acids is 1. The first kappa shape index (κ1) is 14.6. The Morgan fingerprint density at radius 2 is 2.00 bits per heavy atom. The summed E-state index contributed by atoms with van der Waals surface area (Å²) >= 11 is 0. The number of hydrogen-bond acceptors (Lipinski definition) is 3. The lowest BCUT2D eigenvalue weighted by atomic mass is 10.2. The summed E-state index contributed by atoms with van der Waals surface area (Å²) in [4.78, 5) is 11.3. The van der Waals surface area contributed by atoms with Gasteiger partial charge in [0.25, 0.3) is 0 Å². The van der Waals surface area contributed by atoms with Crippen LogP contribution in [0.25, 0.3) is 0 Å². The van der Waals surface area contributed by atoms with Crippen LogP contribution in [0.15, 0.2) is 24.3 Å². The molecular formula is C14H20FNO2. The standard InChI is InChI=1S/C14H20FNO2/c1-10(2)14(17)18-11(3)8-16-9-12-6-4-5-7-13(12)15/h4-7,10-11,16H,8-9H2,1-3H3. The van der Waals surface area contributed by atoms with Crippen molar-refractivity contribution in [2.45, 2.75) is 33.4 Å². The van der Waals surface area contributed by atoms with Crippen molar-refractivity contribution in [2.24, 2.45) is 5.92 Å². The van der Waals surface area contributed by atoms with Crippen molar-refractivity contribution in [3.63, 3.8) is 0 Å². The van der Waals surface area contributed by atoms with Gasteiger partial charge in [-0.2, -0.15) is 0 Å². The van der Waals surface area contributed by atoms with Crippen LogP contribution in [0.1, 0.15) is 26.3 Å². The van der Waals surface area contributed by atoms with Gasteiger partial charge in [-0.3, -0.25) is 4.79 Å². The lowest BCUT2D eigenvalue weighted by molar-refractivity contribution is -0.151. The maximum Gasteiger partial charge on any atom is 0.308 e. The first-order valence-electron chi connectivity index (χ1n) is 6.15. The smallest absolute Gasteiger partial charge is 0.308 e. The van der Waals surface area contributed by atoms with Gasteiger partial charge in [-0.05, 0) is 13.0 Å². The fourth-order valence-electron chi connectivity index (χ4n) is 1.43. The van der Waals surface area contributed by atoms with Crippen molar-refractivity contribution in [3.05, 3.63) is 35.6 Å². The molecule has 0 amide bonds. The SMILES string of the molecule is CC(CNCc1ccccc1F)OC(=O)C(C)C. The number of esters is 1. The minimum absolute atomic E-state index is 0.126. The Morgan fingerprint density at radius 1 is 1.33 bits per heavy atom. The van der Waals surface area contributed by atoms with Gasteiger partial charge in [-0.25, -0.2) is 4.39 Å². The summed E-state index contributed by atoms with van der Waals surface area (Å²) in [6.45, 7) is 6.33. The molecule has 0 aliphatic heterocycles. The van der Waals surface area contributed by atoms with Crippen molar-refractivity contribution < 1.29 is 13.9 Å². The number of benzene rings is 1. The van der Waals surface area contributed by atoms with E-state index < -0.39 is 0 Å². The minimum atomic E-state index is -0.225. The predicted molar refractivity (Wildman–Crippen MR) is 68.5 cm³/mol. The normalized spacial score (nSPS) is 12.5. The third-order valence-electron chi connectivity index (χ3n) is 2.49. The Morgan fingerprint density at radius 3 is 2.61 bits per heavy atom. The van der Waals surface area contributed by atoms with Crippen molar-refractivity contribution >= 4 is 5.97 Å². The van der Waals surface area contributed by atoms with Gasteiger partial charge in [-0.1, -0.05) is 32.0 Å². The summed E-state index contributed by atoms with van der Waals surface area (Å²) in [5.74, 6) is -0.564. The Labute approximate surface area is 107 Å². The van der Waals surface area contributed by atoms with Gasteiger partial charge in [0, 0.05) is 18.7 Å². The molecule has 4 heteroatoms. The molecule has 0 bridgehead atoms. The number of nitrogens with one attached hydrogen (secondary N) is 1. The molecule has 3 nitrogen and oxygen atoms in total. The minimum Gasteiger partial charge on any atom is -0.461 e. The first-order chi connectivity index (χ1) is 8.50. The van der Waals surface area contributed by atoms with Gasteiger partial charge >= 0.3 is 5.97 Å². The quantitative estimate of drug-likeness (QED) is 0.792. The number of ether oxygens (including phenoxy) is 1. The highest BCUT2D eigenvalue weighted by atomic mass is 19.1. The number of halogens is 1. The van der Waals surface area contributed by atoms with Crippen molar-refractivity contribution in [1.82, 2.24) is 5.32 Å². The van der Waals surface area contributed by atoms with E-state index in [1.807, 2.05) is 6.92 Å². The highest BCUT2D eigenvalue weighted by Gasteiger charge is 2.12. The zero-order valence-corrected chi connectivity index (χ0v) is 11.1. The van der Waals surface area contributed by atoms with Crippen LogP contribution in [-0.4, -0.2) is 18.6 Å². The molecule has 0 saturated heterocycles. The van der Waals surface area contributed by atoms with Crippen molar-refractivity contribution in [1.29, 1.82) is 0 Å². The van der Waals surface area contributed by atoms with Crippen LogP contribution < -0.4 is 5.32 Å². The van der Waals surface area contributed by atoms with E-state index in [1.165, 1.54) is 6.07 Å². The van der Waals surface area contributed by atoms with E-state index in [2.05, 4.69) is 5.32 Å². The van der Waals surface area contributed by atoms with Gasteiger partial charge in [0.1, 0.15) is 11.9 Å². The molecule has 1 unspecified atom stereocenters. The molecular weight excluding hydrogens is 233 g/mol.